The van der Waals surface area contributed by atoms with Crippen molar-refractivity contribution in [3.63, 3.8) is 0 Å². The van der Waals surface area contributed by atoms with Gasteiger partial charge in [0.2, 0.25) is 0 Å². The Morgan fingerprint density at radius 1 is 1.26 bits per heavy atom. The zero-order chi connectivity index (χ0) is 31.0. The summed E-state index contributed by atoms with van der Waals surface area (Å²) in [5, 5.41) is 15.4. The number of aliphatic hydroxyl groups is 1. The molecule has 0 spiro atoms. The number of aryl methyl sites for hydroxylation is 1. The van der Waals surface area contributed by atoms with Gasteiger partial charge in [0.05, 0.1) is 17.5 Å². The number of anilines is 2. The molecule has 228 valence electrons. The largest absolute Gasteiger partial charge is 0.514 e. The number of hydrogen-bond donors (Lipinski definition) is 3. The van der Waals surface area contributed by atoms with Crippen molar-refractivity contribution in [3.05, 3.63) is 58.6 Å². The lowest BCUT2D eigenvalue weighted by Gasteiger charge is -2.41. The zero-order valence-corrected chi connectivity index (χ0v) is 25.4. The highest BCUT2D eigenvalue weighted by molar-refractivity contribution is 6.62. The molecule has 3 atom stereocenters. The van der Waals surface area contributed by atoms with Gasteiger partial charge in [0, 0.05) is 36.8 Å². The predicted octanol–water partition coefficient (Wildman–Crippen LogP) is 6.76. The number of aromatic nitrogens is 1. The van der Waals surface area contributed by atoms with Gasteiger partial charge in [-0.2, -0.15) is 13.2 Å². The van der Waals surface area contributed by atoms with E-state index < -0.39 is 42.9 Å². The highest BCUT2D eigenvalue weighted by Gasteiger charge is 2.57. The first-order chi connectivity index (χ1) is 19.5. The third kappa shape index (κ3) is 6.98. The van der Waals surface area contributed by atoms with Gasteiger partial charge in [0.25, 0.3) is 0 Å². The summed E-state index contributed by atoms with van der Waals surface area (Å²) in [5.41, 5.74) is 1.90. The molecule has 0 radical (unpaired) electrons. The van der Waals surface area contributed by atoms with Crippen LogP contribution in [0, 0.1) is 12.8 Å². The number of likely N-dealkylation sites (tertiary alicyclic amines) is 1. The maximum atomic E-state index is 12.9. The van der Waals surface area contributed by atoms with Crippen LogP contribution in [-0.2, 0) is 9.31 Å². The summed E-state index contributed by atoms with van der Waals surface area (Å²) in [6.45, 7) is 11.9. The molecule has 0 saturated carbocycles. The van der Waals surface area contributed by atoms with E-state index in [9.17, 15) is 23.1 Å². The summed E-state index contributed by atoms with van der Waals surface area (Å²) in [6, 6.07) is 8.55. The fourth-order valence-corrected chi connectivity index (χ4v) is 5.81. The molecule has 8 nitrogen and oxygen atoms in total. The molecule has 3 heterocycles. The molecule has 1 aromatic heterocycles. The first-order valence-corrected chi connectivity index (χ1v) is 14.2. The van der Waals surface area contributed by atoms with Crippen molar-refractivity contribution in [1.29, 1.82) is 0 Å². The number of urea groups is 1. The highest BCUT2D eigenvalue weighted by atomic mass is 35.5. The first kappa shape index (κ1) is 32.0. The number of carbonyl (C=O) groups excluding carboxylic acids is 1. The van der Waals surface area contributed by atoms with Crippen molar-refractivity contribution in [2.24, 2.45) is 5.92 Å². The van der Waals surface area contributed by atoms with Gasteiger partial charge in [0.15, 0.2) is 0 Å². The van der Waals surface area contributed by atoms with E-state index in [0.29, 0.717) is 23.6 Å². The lowest BCUT2D eigenvalue weighted by molar-refractivity contribution is -0.143. The second-order valence-electron chi connectivity index (χ2n) is 11.9. The quantitative estimate of drug-likeness (QED) is 0.183. The molecule has 2 amide bonds. The number of benzene rings is 1. The number of carbonyl (C=O) groups is 1. The van der Waals surface area contributed by atoms with Crippen LogP contribution < -0.4 is 16.1 Å². The van der Waals surface area contributed by atoms with E-state index in [4.69, 9.17) is 20.9 Å². The standard InChI is InChI=1S/C29H37BClF3N4O4/c1-17-7-8-22(36-26(40)38-10-9-20(15-38)14-29(32,33)34)13-23(17)30-41-27(4,5)28(6,42-30)19(3)21-11-24(31)37-25(12-21)35-18(2)16-39/h7-8,11-13,16,19-20,39H,9-10,14-15H2,1-6H3,(H,35,37)(H,36,40)/b18-16+/t19?,20-,28?/m0/s1. The molecular formula is C29H37BClF3N4O4. The van der Waals surface area contributed by atoms with Crippen LogP contribution in [0.2, 0.25) is 5.15 Å². The molecule has 2 unspecified atom stereocenters. The molecule has 4 rings (SSSR count). The Labute approximate surface area is 249 Å². The van der Waals surface area contributed by atoms with E-state index in [2.05, 4.69) is 15.6 Å². The van der Waals surface area contributed by atoms with Crippen LogP contribution in [0.4, 0.5) is 29.5 Å². The molecule has 2 aliphatic heterocycles. The Morgan fingerprint density at radius 3 is 2.64 bits per heavy atom. The number of allylic oxidation sites excluding steroid dienone is 1. The lowest BCUT2D eigenvalue weighted by Crippen LogP contribution is -2.48. The van der Waals surface area contributed by atoms with Crippen molar-refractivity contribution in [3.8, 4) is 0 Å². The summed E-state index contributed by atoms with van der Waals surface area (Å²) in [4.78, 5) is 18.6. The van der Waals surface area contributed by atoms with E-state index in [1.54, 1.807) is 25.1 Å². The zero-order valence-electron chi connectivity index (χ0n) is 24.6. The molecule has 2 aromatic rings. The summed E-state index contributed by atoms with van der Waals surface area (Å²) >= 11 is 6.34. The van der Waals surface area contributed by atoms with Crippen LogP contribution in [0.5, 0.6) is 0 Å². The van der Waals surface area contributed by atoms with Crippen molar-refractivity contribution >= 4 is 41.7 Å². The molecule has 2 fully saturated rings. The number of nitrogens with one attached hydrogen (secondary N) is 2. The number of aliphatic hydroxyl groups excluding tert-OH is 1. The summed E-state index contributed by atoms with van der Waals surface area (Å²) in [7, 11) is -0.748. The summed E-state index contributed by atoms with van der Waals surface area (Å²) < 4.78 is 51.5. The number of alkyl halides is 3. The maximum absolute atomic E-state index is 12.9. The smallest absolute Gasteiger partial charge is 0.495 e. The Hall–Kier alpha value is -2.96. The normalized spacial score (nSPS) is 23.3. The SMILES string of the molecule is C/C(=C\O)Nc1cc(C(C)C2(C)OB(c3cc(NC(=O)N4CC[C@@H](CC(F)(F)F)C4)ccc3C)OC2(C)C)cc(Cl)n1. The van der Waals surface area contributed by atoms with Crippen LogP contribution in [0.1, 0.15) is 64.5 Å². The average Bonchev–Trinajstić information content (AvgIpc) is 3.44. The summed E-state index contributed by atoms with van der Waals surface area (Å²) in [5.74, 6) is -0.324. The van der Waals surface area contributed by atoms with Gasteiger partial charge in [-0.3, -0.25) is 0 Å². The third-order valence-electron chi connectivity index (χ3n) is 8.49. The Morgan fingerprint density at radius 2 is 1.98 bits per heavy atom. The van der Waals surface area contributed by atoms with Crippen LogP contribution in [0.15, 0.2) is 42.3 Å². The van der Waals surface area contributed by atoms with Gasteiger partial charge < -0.3 is 29.9 Å². The second kappa shape index (κ2) is 12.0. The van der Waals surface area contributed by atoms with Crippen LogP contribution >= 0.6 is 11.6 Å². The number of hydrogen-bond acceptors (Lipinski definition) is 6. The molecular weight excluding hydrogens is 572 g/mol. The molecule has 3 N–H and O–H groups in total. The Balaban J connectivity index is 1.52. The van der Waals surface area contributed by atoms with Gasteiger partial charge in [0.1, 0.15) is 11.0 Å². The van der Waals surface area contributed by atoms with Gasteiger partial charge in [-0.15, -0.1) is 0 Å². The van der Waals surface area contributed by atoms with E-state index in [-0.39, 0.29) is 24.2 Å². The monoisotopic (exact) mass is 608 g/mol. The number of amides is 2. The van der Waals surface area contributed by atoms with Crippen molar-refractivity contribution < 1.29 is 32.4 Å². The van der Waals surface area contributed by atoms with Crippen LogP contribution in [0.3, 0.4) is 0 Å². The molecule has 0 aliphatic carbocycles. The fraction of sp³-hybridized carbons (Fsp3) is 0.517. The third-order valence-corrected chi connectivity index (χ3v) is 8.68. The van der Waals surface area contributed by atoms with Gasteiger partial charge in [-0.05, 0) is 82.2 Å². The minimum Gasteiger partial charge on any atom is -0.514 e. The molecule has 13 heteroatoms. The highest BCUT2D eigenvalue weighted by Crippen LogP contribution is 2.47. The molecule has 2 saturated heterocycles. The molecule has 0 bridgehead atoms. The van der Waals surface area contributed by atoms with Gasteiger partial charge in [-0.25, -0.2) is 9.78 Å². The van der Waals surface area contributed by atoms with E-state index in [1.807, 2.05) is 46.8 Å². The van der Waals surface area contributed by atoms with E-state index in [0.717, 1.165) is 22.9 Å². The number of rotatable bonds is 7. The van der Waals surface area contributed by atoms with E-state index in [1.165, 1.54) is 4.90 Å². The first-order valence-electron chi connectivity index (χ1n) is 13.9. The topological polar surface area (TPSA) is 96.0 Å². The minimum absolute atomic E-state index is 0.0649. The van der Waals surface area contributed by atoms with Crippen molar-refractivity contribution in [2.45, 2.75) is 77.7 Å². The van der Waals surface area contributed by atoms with Crippen LogP contribution in [-0.4, -0.2) is 58.6 Å². The molecule has 1 aromatic carbocycles. The number of halogens is 4. The predicted molar refractivity (Wildman–Crippen MR) is 158 cm³/mol. The number of nitrogens with zero attached hydrogens (tertiary/aromatic N) is 2. The number of pyridine rings is 1. The fourth-order valence-electron chi connectivity index (χ4n) is 5.59. The van der Waals surface area contributed by atoms with Crippen molar-refractivity contribution in [1.82, 2.24) is 9.88 Å². The minimum atomic E-state index is -4.25. The maximum Gasteiger partial charge on any atom is 0.495 e. The van der Waals surface area contributed by atoms with Gasteiger partial charge in [-0.1, -0.05) is 30.2 Å². The Bertz CT molecular complexity index is 1360. The second-order valence-corrected chi connectivity index (χ2v) is 12.3. The molecule has 42 heavy (non-hydrogen) atoms. The molecule has 2 aliphatic rings. The summed E-state index contributed by atoms with van der Waals surface area (Å²) in [6.07, 6.45) is -3.87. The Kier molecular flexibility index (Phi) is 9.11. The van der Waals surface area contributed by atoms with Crippen molar-refractivity contribution in [2.75, 3.05) is 23.7 Å². The van der Waals surface area contributed by atoms with Crippen LogP contribution in [0.25, 0.3) is 0 Å². The average molecular weight is 609 g/mol. The lowest BCUT2D eigenvalue weighted by atomic mass is 9.74. The van der Waals surface area contributed by atoms with Gasteiger partial charge >= 0.3 is 19.3 Å². The van der Waals surface area contributed by atoms with E-state index >= 15 is 0 Å².